The van der Waals surface area contributed by atoms with E-state index in [-0.39, 0.29) is 12.1 Å². The zero-order valence-corrected chi connectivity index (χ0v) is 14.4. The number of carbonyl (C=O) groups excluding carboxylic acids is 1. The van der Waals surface area contributed by atoms with Crippen molar-refractivity contribution in [2.45, 2.75) is 37.8 Å². The summed E-state index contributed by atoms with van der Waals surface area (Å²) in [6.45, 7) is 0. The second-order valence-corrected chi connectivity index (χ2v) is 6.50. The van der Waals surface area contributed by atoms with E-state index in [4.69, 9.17) is 10.5 Å². The van der Waals surface area contributed by atoms with E-state index in [1.165, 1.54) is 0 Å². The molecule has 1 saturated carbocycles. The quantitative estimate of drug-likeness (QED) is 0.780. The molecule has 0 aromatic heterocycles. The van der Waals surface area contributed by atoms with Crippen molar-refractivity contribution in [2.75, 3.05) is 12.4 Å². The van der Waals surface area contributed by atoms with Crippen LogP contribution >= 0.6 is 0 Å². The van der Waals surface area contributed by atoms with Gasteiger partial charge in [0.05, 0.1) is 18.8 Å². The number of ether oxygens (including phenoxy) is 1. The molecule has 1 fully saturated rings. The van der Waals surface area contributed by atoms with E-state index in [0.717, 1.165) is 48.2 Å². The Morgan fingerprint density at radius 2 is 1.72 bits per heavy atom. The van der Waals surface area contributed by atoms with Crippen LogP contribution in [-0.2, 0) is 0 Å². The smallest absolute Gasteiger partial charge is 0.250 e. The van der Waals surface area contributed by atoms with E-state index in [9.17, 15) is 9.90 Å². The third-order valence-electron chi connectivity index (χ3n) is 4.76. The van der Waals surface area contributed by atoms with Crippen LogP contribution in [0.2, 0.25) is 0 Å². The van der Waals surface area contributed by atoms with Crippen molar-refractivity contribution >= 4 is 11.6 Å². The number of primary amides is 1. The van der Waals surface area contributed by atoms with Gasteiger partial charge in [0.1, 0.15) is 5.75 Å². The van der Waals surface area contributed by atoms with Crippen LogP contribution in [-0.4, -0.2) is 30.3 Å². The van der Waals surface area contributed by atoms with E-state index >= 15 is 0 Å². The number of carbonyl (C=O) groups is 1. The van der Waals surface area contributed by atoms with Gasteiger partial charge in [-0.1, -0.05) is 18.2 Å². The predicted molar refractivity (Wildman–Crippen MR) is 98.8 cm³/mol. The monoisotopic (exact) mass is 340 g/mol. The Morgan fingerprint density at radius 1 is 1.08 bits per heavy atom. The normalized spacial score (nSPS) is 20.1. The molecule has 0 saturated heterocycles. The molecule has 3 rings (SSSR count). The first-order valence-electron chi connectivity index (χ1n) is 8.59. The van der Waals surface area contributed by atoms with Crippen molar-refractivity contribution in [3.63, 3.8) is 0 Å². The summed E-state index contributed by atoms with van der Waals surface area (Å²) in [7, 11) is 1.63. The molecule has 2 aromatic rings. The van der Waals surface area contributed by atoms with Gasteiger partial charge in [0, 0.05) is 11.7 Å². The summed E-state index contributed by atoms with van der Waals surface area (Å²) in [5, 5.41) is 13.0. The fourth-order valence-electron chi connectivity index (χ4n) is 3.28. The Balaban J connectivity index is 1.83. The number of hydrogen-bond donors (Lipinski definition) is 3. The number of anilines is 1. The average Bonchev–Trinajstić information content (AvgIpc) is 2.64. The number of nitrogens with two attached hydrogens (primary N) is 1. The molecular weight excluding hydrogens is 316 g/mol. The van der Waals surface area contributed by atoms with Crippen LogP contribution < -0.4 is 15.8 Å². The maximum Gasteiger partial charge on any atom is 0.250 e. The van der Waals surface area contributed by atoms with Crippen molar-refractivity contribution in [1.82, 2.24) is 0 Å². The minimum atomic E-state index is -0.450. The number of rotatable bonds is 5. The third kappa shape index (κ3) is 4.12. The van der Waals surface area contributed by atoms with Gasteiger partial charge in [-0.05, 0) is 61.1 Å². The minimum Gasteiger partial charge on any atom is -0.497 e. The first-order chi connectivity index (χ1) is 12.1. The molecule has 0 unspecified atom stereocenters. The molecule has 5 heteroatoms. The number of nitrogens with one attached hydrogen (secondary N) is 1. The average molecular weight is 340 g/mol. The molecule has 5 nitrogen and oxygen atoms in total. The van der Waals surface area contributed by atoms with Crippen molar-refractivity contribution in [2.24, 2.45) is 5.73 Å². The Kier molecular flexibility index (Phi) is 5.24. The van der Waals surface area contributed by atoms with Gasteiger partial charge in [-0.3, -0.25) is 4.79 Å². The van der Waals surface area contributed by atoms with Gasteiger partial charge in [0.25, 0.3) is 5.91 Å². The van der Waals surface area contributed by atoms with Crippen molar-refractivity contribution in [3.05, 3.63) is 48.0 Å². The Bertz CT molecular complexity index is 735. The zero-order valence-electron chi connectivity index (χ0n) is 14.4. The molecule has 1 aliphatic carbocycles. The summed E-state index contributed by atoms with van der Waals surface area (Å²) in [5.41, 5.74) is 8.76. The lowest BCUT2D eigenvalue weighted by atomic mass is 9.92. The molecule has 25 heavy (non-hydrogen) atoms. The molecule has 0 radical (unpaired) electrons. The summed E-state index contributed by atoms with van der Waals surface area (Å²) in [5.74, 6) is 0.338. The Morgan fingerprint density at radius 3 is 2.32 bits per heavy atom. The standard InChI is InChI=1S/C20H24N2O3/c1-25-17-9-2-13(3-10-17)14-4-11-19(18(12-14)20(21)24)22-15-5-7-16(23)8-6-15/h2-4,9-12,15-16,22-23H,5-8H2,1H3,(H2,21,24). The van der Waals surface area contributed by atoms with Crippen LogP contribution in [0.15, 0.2) is 42.5 Å². The number of aliphatic hydroxyl groups excluding tert-OH is 1. The van der Waals surface area contributed by atoms with Gasteiger partial charge >= 0.3 is 0 Å². The van der Waals surface area contributed by atoms with Crippen LogP contribution in [0.5, 0.6) is 5.75 Å². The largest absolute Gasteiger partial charge is 0.497 e. The highest BCUT2D eigenvalue weighted by Gasteiger charge is 2.20. The number of hydrogen-bond acceptors (Lipinski definition) is 4. The van der Waals surface area contributed by atoms with Gasteiger partial charge in [0.15, 0.2) is 0 Å². The second-order valence-electron chi connectivity index (χ2n) is 6.50. The topological polar surface area (TPSA) is 84.6 Å². The van der Waals surface area contributed by atoms with E-state index in [1.54, 1.807) is 7.11 Å². The molecule has 1 aliphatic rings. The number of amides is 1. The highest BCUT2D eigenvalue weighted by atomic mass is 16.5. The second kappa shape index (κ2) is 7.57. The lowest BCUT2D eigenvalue weighted by Gasteiger charge is -2.27. The zero-order chi connectivity index (χ0) is 17.8. The van der Waals surface area contributed by atoms with E-state index in [2.05, 4.69) is 5.32 Å². The molecule has 0 spiro atoms. The van der Waals surface area contributed by atoms with E-state index in [1.807, 2.05) is 42.5 Å². The first kappa shape index (κ1) is 17.3. The lowest BCUT2D eigenvalue weighted by molar-refractivity contribution is 0.100. The van der Waals surface area contributed by atoms with E-state index in [0.29, 0.717) is 5.56 Å². The number of benzene rings is 2. The minimum absolute atomic E-state index is 0.203. The first-order valence-corrected chi connectivity index (χ1v) is 8.59. The molecule has 0 aliphatic heterocycles. The Labute approximate surface area is 147 Å². The Hall–Kier alpha value is -2.53. The summed E-state index contributed by atoms with van der Waals surface area (Å²) in [6, 6.07) is 13.7. The molecule has 2 aromatic carbocycles. The van der Waals surface area contributed by atoms with Crippen molar-refractivity contribution in [3.8, 4) is 16.9 Å². The molecule has 0 heterocycles. The SMILES string of the molecule is COc1ccc(-c2ccc(NC3CCC(O)CC3)c(C(N)=O)c2)cc1. The summed E-state index contributed by atoms with van der Waals surface area (Å²) >= 11 is 0. The highest BCUT2D eigenvalue weighted by molar-refractivity contribution is 6.00. The van der Waals surface area contributed by atoms with Gasteiger partial charge < -0.3 is 20.9 Å². The van der Waals surface area contributed by atoms with Crippen LogP contribution in [0, 0.1) is 0 Å². The number of methoxy groups -OCH3 is 1. The molecule has 0 bridgehead atoms. The highest BCUT2D eigenvalue weighted by Crippen LogP contribution is 2.29. The van der Waals surface area contributed by atoms with E-state index < -0.39 is 5.91 Å². The van der Waals surface area contributed by atoms with Gasteiger partial charge in [-0.25, -0.2) is 0 Å². The lowest BCUT2D eigenvalue weighted by Crippen LogP contribution is -2.29. The predicted octanol–water partition coefficient (Wildman–Crippen LogP) is 3.18. The molecule has 0 atom stereocenters. The van der Waals surface area contributed by atoms with Gasteiger partial charge in [0.2, 0.25) is 0 Å². The van der Waals surface area contributed by atoms with Crippen LogP contribution in [0.25, 0.3) is 11.1 Å². The molecule has 1 amide bonds. The number of aliphatic hydroxyl groups is 1. The van der Waals surface area contributed by atoms with Crippen molar-refractivity contribution in [1.29, 1.82) is 0 Å². The molecule has 4 N–H and O–H groups in total. The van der Waals surface area contributed by atoms with Crippen LogP contribution in [0.3, 0.4) is 0 Å². The van der Waals surface area contributed by atoms with Crippen molar-refractivity contribution < 1.29 is 14.6 Å². The fourth-order valence-corrected chi connectivity index (χ4v) is 3.28. The molecular formula is C20H24N2O3. The van der Waals surface area contributed by atoms with Gasteiger partial charge in [-0.15, -0.1) is 0 Å². The van der Waals surface area contributed by atoms with Crippen LogP contribution in [0.4, 0.5) is 5.69 Å². The van der Waals surface area contributed by atoms with Gasteiger partial charge in [-0.2, -0.15) is 0 Å². The fraction of sp³-hybridized carbons (Fsp3) is 0.350. The maximum absolute atomic E-state index is 11.9. The summed E-state index contributed by atoms with van der Waals surface area (Å²) in [6.07, 6.45) is 3.14. The molecule has 132 valence electrons. The van der Waals surface area contributed by atoms with Crippen LogP contribution in [0.1, 0.15) is 36.0 Å². The summed E-state index contributed by atoms with van der Waals surface area (Å²) in [4.78, 5) is 11.9. The maximum atomic E-state index is 11.9. The summed E-state index contributed by atoms with van der Waals surface area (Å²) < 4.78 is 5.18. The third-order valence-corrected chi connectivity index (χ3v) is 4.76.